The number of hydrogen-bond donors (Lipinski definition) is 1. The van der Waals surface area contributed by atoms with Crippen molar-refractivity contribution in [3.05, 3.63) is 59.7 Å². The Morgan fingerprint density at radius 1 is 1.11 bits per heavy atom. The largest absolute Gasteiger partial charge is 0.339 e. The number of hydrogen-bond acceptors (Lipinski definition) is 4. The van der Waals surface area contributed by atoms with Gasteiger partial charge in [-0.1, -0.05) is 30.3 Å². The van der Waals surface area contributed by atoms with E-state index in [4.69, 9.17) is 0 Å². The normalized spacial score (nSPS) is 15.7. The van der Waals surface area contributed by atoms with Gasteiger partial charge in [0.25, 0.3) is 5.91 Å². The fourth-order valence-corrected chi connectivity index (χ4v) is 5.05. The molecular formula is C20H24N2O3S2. The van der Waals surface area contributed by atoms with Crippen LogP contribution in [0.15, 0.2) is 58.3 Å². The Kier molecular flexibility index (Phi) is 6.24. The van der Waals surface area contributed by atoms with Crippen molar-refractivity contribution in [2.75, 3.05) is 19.3 Å². The van der Waals surface area contributed by atoms with E-state index in [2.05, 4.69) is 4.72 Å². The van der Waals surface area contributed by atoms with Gasteiger partial charge >= 0.3 is 0 Å². The molecule has 1 fully saturated rings. The second-order valence-electron chi connectivity index (χ2n) is 6.62. The van der Waals surface area contributed by atoms with Crippen molar-refractivity contribution in [3.8, 4) is 0 Å². The highest BCUT2D eigenvalue weighted by molar-refractivity contribution is 7.98. The summed E-state index contributed by atoms with van der Waals surface area (Å²) in [5, 5.41) is 0. The van der Waals surface area contributed by atoms with Crippen LogP contribution < -0.4 is 4.72 Å². The lowest BCUT2D eigenvalue weighted by Gasteiger charge is -2.19. The van der Waals surface area contributed by atoms with Crippen LogP contribution in [0.4, 0.5) is 0 Å². The van der Waals surface area contributed by atoms with Gasteiger partial charge in [0.1, 0.15) is 0 Å². The van der Waals surface area contributed by atoms with Crippen molar-refractivity contribution in [2.45, 2.75) is 35.6 Å². The summed E-state index contributed by atoms with van der Waals surface area (Å²) in [5.41, 5.74) is 1.34. The molecule has 2 aromatic carbocycles. The molecule has 0 saturated carbocycles. The zero-order chi connectivity index (χ0) is 19.4. The maximum atomic E-state index is 12.9. The quantitative estimate of drug-likeness (QED) is 0.746. The Morgan fingerprint density at radius 2 is 1.78 bits per heavy atom. The summed E-state index contributed by atoms with van der Waals surface area (Å²) in [5.74, 6) is -0.0926. The molecule has 1 aliphatic rings. The third-order valence-electron chi connectivity index (χ3n) is 4.74. The lowest BCUT2D eigenvalue weighted by atomic mass is 10.1. The van der Waals surface area contributed by atoms with Crippen LogP contribution in [0.2, 0.25) is 0 Å². The van der Waals surface area contributed by atoms with Crippen molar-refractivity contribution in [2.24, 2.45) is 0 Å². The summed E-state index contributed by atoms with van der Waals surface area (Å²) in [7, 11) is -3.74. The highest BCUT2D eigenvalue weighted by atomic mass is 32.2. The van der Waals surface area contributed by atoms with Gasteiger partial charge in [-0.2, -0.15) is 0 Å². The summed E-state index contributed by atoms with van der Waals surface area (Å²) >= 11 is 1.45. The first-order valence-electron chi connectivity index (χ1n) is 8.97. The maximum Gasteiger partial charge on any atom is 0.255 e. The molecular weight excluding hydrogens is 380 g/mol. The molecule has 1 N–H and O–H groups in total. The Balaban J connectivity index is 1.89. The number of amides is 1. The molecule has 3 rings (SSSR count). The van der Waals surface area contributed by atoms with E-state index >= 15 is 0 Å². The van der Waals surface area contributed by atoms with Gasteiger partial charge in [-0.05, 0) is 49.8 Å². The molecule has 1 saturated heterocycles. The number of carbonyl (C=O) groups excluding carboxylic acids is 1. The topological polar surface area (TPSA) is 66.5 Å². The minimum atomic E-state index is -3.74. The van der Waals surface area contributed by atoms with E-state index < -0.39 is 10.0 Å². The average Bonchev–Trinajstić information content (AvgIpc) is 3.22. The Labute approximate surface area is 165 Å². The summed E-state index contributed by atoms with van der Waals surface area (Å²) in [4.78, 5) is 15.6. The number of rotatable bonds is 6. The molecule has 2 aromatic rings. The summed E-state index contributed by atoms with van der Waals surface area (Å²) in [6.07, 6.45) is 3.88. The Morgan fingerprint density at radius 3 is 2.41 bits per heavy atom. The van der Waals surface area contributed by atoms with Crippen LogP contribution in [0.3, 0.4) is 0 Å². The van der Waals surface area contributed by atoms with Gasteiger partial charge in [-0.25, -0.2) is 13.1 Å². The number of likely N-dealkylation sites (tertiary alicyclic amines) is 1. The van der Waals surface area contributed by atoms with Crippen LogP contribution in [-0.4, -0.2) is 38.6 Å². The van der Waals surface area contributed by atoms with Crippen LogP contribution in [0, 0.1) is 0 Å². The number of carbonyl (C=O) groups is 1. The van der Waals surface area contributed by atoms with Gasteiger partial charge in [-0.3, -0.25) is 4.79 Å². The van der Waals surface area contributed by atoms with Crippen LogP contribution in [0.1, 0.15) is 41.7 Å². The molecule has 144 valence electrons. The first kappa shape index (κ1) is 19.9. The fourth-order valence-electron chi connectivity index (χ4n) is 3.22. The maximum absolute atomic E-state index is 12.9. The van der Waals surface area contributed by atoms with Gasteiger partial charge < -0.3 is 4.90 Å². The van der Waals surface area contributed by atoms with Gasteiger partial charge in [0, 0.05) is 24.0 Å². The zero-order valence-electron chi connectivity index (χ0n) is 15.5. The summed E-state index contributed by atoms with van der Waals surface area (Å²) < 4.78 is 28.4. The second-order valence-corrected chi connectivity index (χ2v) is 9.18. The molecule has 1 heterocycles. The van der Waals surface area contributed by atoms with Gasteiger partial charge in [-0.15, -0.1) is 11.8 Å². The van der Waals surface area contributed by atoms with Crippen LogP contribution >= 0.6 is 11.8 Å². The molecule has 27 heavy (non-hydrogen) atoms. The predicted octanol–water partition coefficient (Wildman–Crippen LogP) is 3.68. The number of benzene rings is 2. The summed E-state index contributed by atoms with van der Waals surface area (Å²) in [6, 6.07) is 13.8. The molecule has 1 aliphatic heterocycles. The number of thioether (sulfide) groups is 1. The lowest BCUT2D eigenvalue weighted by molar-refractivity contribution is 0.0789. The van der Waals surface area contributed by atoms with E-state index in [0.717, 1.165) is 36.4 Å². The van der Waals surface area contributed by atoms with E-state index in [0.29, 0.717) is 5.56 Å². The van der Waals surface area contributed by atoms with Gasteiger partial charge in [0.05, 0.1) is 10.5 Å². The van der Waals surface area contributed by atoms with Gasteiger partial charge in [0.15, 0.2) is 0 Å². The molecule has 1 atom stereocenters. The first-order chi connectivity index (χ1) is 12.9. The van der Waals surface area contributed by atoms with E-state index in [1.165, 1.54) is 17.8 Å². The van der Waals surface area contributed by atoms with E-state index in [9.17, 15) is 13.2 Å². The molecule has 0 radical (unpaired) electrons. The van der Waals surface area contributed by atoms with E-state index in [1.807, 2.05) is 36.6 Å². The van der Waals surface area contributed by atoms with Crippen molar-refractivity contribution < 1.29 is 13.2 Å². The zero-order valence-corrected chi connectivity index (χ0v) is 17.1. The SMILES string of the molecule is CSc1ccc(S(=O)(=O)N[C@@H](C)c2ccccc2)cc1C(=O)N1CCCC1. The van der Waals surface area contributed by atoms with Crippen LogP contribution in [0.5, 0.6) is 0 Å². The molecule has 0 aliphatic carbocycles. The Bertz CT molecular complexity index is 908. The fraction of sp³-hybridized carbons (Fsp3) is 0.350. The molecule has 0 bridgehead atoms. The molecule has 5 nitrogen and oxygen atoms in total. The van der Waals surface area contributed by atoms with Crippen molar-refractivity contribution in [1.82, 2.24) is 9.62 Å². The standard InChI is InChI=1S/C20H24N2O3S2/c1-15(16-8-4-3-5-9-16)21-27(24,25)17-10-11-19(26-2)18(14-17)20(23)22-12-6-7-13-22/h3-5,8-11,14-15,21H,6-7,12-13H2,1-2H3/t15-/m0/s1. The predicted molar refractivity (Wildman–Crippen MR) is 109 cm³/mol. The average molecular weight is 405 g/mol. The van der Waals surface area contributed by atoms with E-state index in [-0.39, 0.29) is 16.8 Å². The molecule has 7 heteroatoms. The lowest BCUT2D eigenvalue weighted by Crippen LogP contribution is -2.29. The number of nitrogens with one attached hydrogen (secondary N) is 1. The van der Waals surface area contributed by atoms with Crippen LogP contribution in [-0.2, 0) is 10.0 Å². The van der Waals surface area contributed by atoms with E-state index in [1.54, 1.807) is 24.0 Å². The van der Waals surface area contributed by atoms with Crippen molar-refractivity contribution in [1.29, 1.82) is 0 Å². The molecule has 0 unspecified atom stereocenters. The smallest absolute Gasteiger partial charge is 0.255 e. The third-order valence-corrected chi connectivity index (χ3v) is 7.07. The monoisotopic (exact) mass is 404 g/mol. The first-order valence-corrected chi connectivity index (χ1v) is 11.7. The second kappa shape index (κ2) is 8.46. The number of sulfonamides is 1. The molecule has 0 aromatic heterocycles. The summed E-state index contributed by atoms with van der Waals surface area (Å²) in [6.45, 7) is 3.26. The third kappa shape index (κ3) is 4.54. The van der Waals surface area contributed by atoms with Crippen molar-refractivity contribution in [3.63, 3.8) is 0 Å². The molecule has 1 amide bonds. The van der Waals surface area contributed by atoms with Gasteiger partial charge in [0.2, 0.25) is 10.0 Å². The number of nitrogens with zero attached hydrogens (tertiary/aromatic N) is 1. The minimum absolute atomic E-state index is 0.0926. The van der Waals surface area contributed by atoms with Crippen molar-refractivity contribution >= 4 is 27.7 Å². The van der Waals surface area contributed by atoms with Crippen LogP contribution in [0.25, 0.3) is 0 Å². The molecule has 0 spiro atoms. The minimum Gasteiger partial charge on any atom is -0.339 e. The highest BCUT2D eigenvalue weighted by Gasteiger charge is 2.25. The highest BCUT2D eigenvalue weighted by Crippen LogP contribution is 2.27. The Hall–Kier alpha value is -1.83.